The maximum absolute atomic E-state index is 12.4. The van der Waals surface area contributed by atoms with E-state index < -0.39 is 22.1 Å². The van der Waals surface area contributed by atoms with E-state index in [0.717, 1.165) is 11.8 Å². The number of carbonyl (C=O) groups excluding carboxylic acids is 2. The topological polar surface area (TPSA) is 89.5 Å². The molecule has 0 aliphatic carbocycles. The van der Waals surface area contributed by atoms with Gasteiger partial charge in [0.15, 0.2) is 6.10 Å². The molecule has 7 heteroatoms. The van der Waals surface area contributed by atoms with Crippen LogP contribution in [-0.4, -0.2) is 32.5 Å². The van der Waals surface area contributed by atoms with Gasteiger partial charge in [0.2, 0.25) is 15.8 Å². The maximum atomic E-state index is 12.4. The van der Waals surface area contributed by atoms with Crippen molar-refractivity contribution in [3.8, 4) is 0 Å². The quantitative estimate of drug-likeness (QED) is 0.552. The van der Waals surface area contributed by atoms with E-state index >= 15 is 0 Å². The molecule has 0 saturated heterocycles. The number of sulfonamides is 1. The molecule has 2 atom stereocenters. The van der Waals surface area contributed by atoms with Gasteiger partial charge in [-0.15, -0.1) is 0 Å². The molecular weight excluding hydrogens is 366 g/mol. The van der Waals surface area contributed by atoms with E-state index in [9.17, 15) is 18.0 Å². The Bertz CT molecular complexity index is 892. The van der Waals surface area contributed by atoms with Gasteiger partial charge in [-0.3, -0.25) is 14.3 Å². The van der Waals surface area contributed by atoms with Crippen LogP contribution < -0.4 is 4.72 Å². The SMILES string of the molecule is C[C@@H](OC(=O)C[C@H](C)c1ccccc1)C(=O)c1ccc(NS(C)(=O)=O)cc1. The van der Waals surface area contributed by atoms with Gasteiger partial charge in [0.25, 0.3) is 0 Å². The molecule has 6 nitrogen and oxygen atoms in total. The first kappa shape index (κ1) is 20.6. The zero-order valence-electron chi connectivity index (χ0n) is 15.5. The number of ketones is 1. The lowest BCUT2D eigenvalue weighted by Gasteiger charge is -2.15. The normalized spacial score (nSPS) is 13.4. The van der Waals surface area contributed by atoms with Gasteiger partial charge in [-0.1, -0.05) is 37.3 Å². The number of nitrogens with one attached hydrogen (secondary N) is 1. The lowest BCUT2D eigenvalue weighted by molar-refractivity contribution is -0.146. The average molecular weight is 389 g/mol. The number of ether oxygens (including phenoxy) is 1. The Morgan fingerprint density at radius 3 is 2.15 bits per heavy atom. The summed E-state index contributed by atoms with van der Waals surface area (Å²) in [5.41, 5.74) is 1.73. The Balaban J connectivity index is 1.93. The second-order valence-corrected chi connectivity index (χ2v) is 8.21. The summed E-state index contributed by atoms with van der Waals surface area (Å²) in [5, 5.41) is 0. The van der Waals surface area contributed by atoms with Gasteiger partial charge in [0.05, 0.1) is 12.7 Å². The zero-order chi connectivity index (χ0) is 20.0. The van der Waals surface area contributed by atoms with Crippen LogP contribution in [0.2, 0.25) is 0 Å². The van der Waals surface area contributed by atoms with Crippen molar-refractivity contribution in [3.63, 3.8) is 0 Å². The maximum Gasteiger partial charge on any atom is 0.307 e. The number of hydrogen-bond acceptors (Lipinski definition) is 5. The third-order valence-corrected chi connectivity index (χ3v) is 4.60. The number of hydrogen-bond donors (Lipinski definition) is 1. The molecule has 2 aromatic carbocycles. The lowest BCUT2D eigenvalue weighted by atomic mass is 9.98. The predicted molar refractivity (Wildman–Crippen MR) is 104 cm³/mol. The van der Waals surface area contributed by atoms with Crippen molar-refractivity contribution in [1.29, 1.82) is 0 Å². The molecule has 0 aliphatic rings. The van der Waals surface area contributed by atoms with Crippen LogP contribution in [0.3, 0.4) is 0 Å². The Labute approximate surface area is 159 Å². The molecule has 0 aromatic heterocycles. The van der Waals surface area contributed by atoms with Crippen molar-refractivity contribution in [2.45, 2.75) is 32.3 Å². The summed E-state index contributed by atoms with van der Waals surface area (Å²) in [6.45, 7) is 3.45. The largest absolute Gasteiger partial charge is 0.454 e. The Morgan fingerprint density at radius 2 is 1.59 bits per heavy atom. The van der Waals surface area contributed by atoms with Crippen molar-refractivity contribution in [3.05, 3.63) is 65.7 Å². The van der Waals surface area contributed by atoms with E-state index in [1.807, 2.05) is 37.3 Å². The highest BCUT2D eigenvalue weighted by molar-refractivity contribution is 7.92. The molecule has 0 radical (unpaired) electrons. The lowest BCUT2D eigenvalue weighted by Crippen LogP contribution is -2.25. The second kappa shape index (κ2) is 8.81. The summed E-state index contributed by atoms with van der Waals surface area (Å²) in [7, 11) is -3.38. The van der Waals surface area contributed by atoms with Crippen LogP contribution >= 0.6 is 0 Å². The molecule has 0 aliphatic heterocycles. The van der Waals surface area contributed by atoms with Gasteiger partial charge in [0, 0.05) is 11.3 Å². The van der Waals surface area contributed by atoms with Gasteiger partial charge >= 0.3 is 5.97 Å². The monoisotopic (exact) mass is 389 g/mol. The van der Waals surface area contributed by atoms with Crippen LogP contribution in [0, 0.1) is 0 Å². The Kier molecular flexibility index (Phi) is 6.74. The van der Waals surface area contributed by atoms with Crippen molar-refractivity contribution >= 4 is 27.5 Å². The molecule has 0 heterocycles. The number of esters is 1. The summed E-state index contributed by atoms with van der Waals surface area (Å²) in [5.74, 6) is -0.800. The zero-order valence-corrected chi connectivity index (χ0v) is 16.3. The van der Waals surface area contributed by atoms with E-state index in [1.54, 1.807) is 0 Å². The van der Waals surface area contributed by atoms with Crippen LogP contribution in [0.15, 0.2) is 54.6 Å². The molecular formula is C20H23NO5S. The summed E-state index contributed by atoms with van der Waals surface area (Å²) >= 11 is 0. The minimum atomic E-state index is -3.38. The minimum Gasteiger partial charge on any atom is -0.454 e. The van der Waals surface area contributed by atoms with E-state index in [-0.39, 0.29) is 18.1 Å². The molecule has 0 unspecified atom stereocenters. The summed E-state index contributed by atoms with van der Waals surface area (Å²) in [6.07, 6.45) is 0.303. The van der Waals surface area contributed by atoms with E-state index in [4.69, 9.17) is 4.74 Å². The highest BCUT2D eigenvalue weighted by Gasteiger charge is 2.21. The molecule has 0 spiro atoms. The first-order valence-corrected chi connectivity index (χ1v) is 10.4. The number of benzene rings is 2. The highest BCUT2D eigenvalue weighted by atomic mass is 32.2. The predicted octanol–water partition coefficient (Wildman–Crippen LogP) is 3.37. The third-order valence-electron chi connectivity index (χ3n) is 3.99. The first-order valence-electron chi connectivity index (χ1n) is 8.52. The van der Waals surface area contributed by atoms with E-state index in [0.29, 0.717) is 11.3 Å². The highest BCUT2D eigenvalue weighted by Crippen LogP contribution is 2.20. The fourth-order valence-corrected chi connectivity index (χ4v) is 3.16. The first-order chi connectivity index (χ1) is 12.7. The van der Waals surface area contributed by atoms with E-state index in [1.165, 1.54) is 31.2 Å². The number of Topliss-reactive ketones (excluding diaryl/α,β-unsaturated/α-hetero) is 1. The van der Waals surface area contributed by atoms with Crippen LogP contribution in [0.25, 0.3) is 0 Å². The Hall–Kier alpha value is -2.67. The van der Waals surface area contributed by atoms with Crippen LogP contribution in [0.1, 0.15) is 42.1 Å². The fourth-order valence-electron chi connectivity index (χ4n) is 2.60. The van der Waals surface area contributed by atoms with Gasteiger partial charge < -0.3 is 4.74 Å². The van der Waals surface area contributed by atoms with Crippen LogP contribution in [-0.2, 0) is 19.6 Å². The van der Waals surface area contributed by atoms with E-state index in [2.05, 4.69) is 4.72 Å². The molecule has 0 fully saturated rings. The molecule has 0 bridgehead atoms. The van der Waals surface area contributed by atoms with Crippen LogP contribution in [0.4, 0.5) is 5.69 Å². The standard InChI is InChI=1S/C20H23NO5S/c1-14(16-7-5-4-6-8-16)13-19(22)26-15(2)20(23)17-9-11-18(12-10-17)21-27(3,24)25/h4-12,14-15,21H,13H2,1-3H3/t14-,15+/m0/s1. The van der Waals surface area contributed by atoms with Crippen molar-refractivity contribution in [2.75, 3.05) is 11.0 Å². The van der Waals surface area contributed by atoms with Gasteiger partial charge in [0.1, 0.15) is 0 Å². The molecule has 2 aromatic rings. The molecule has 2 rings (SSSR count). The molecule has 0 saturated carbocycles. The summed E-state index contributed by atoms with van der Waals surface area (Å²) in [4.78, 5) is 24.5. The number of carbonyl (C=O) groups is 2. The average Bonchev–Trinajstić information content (AvgIpc) is 2.61. The van der Waals surface area contributed by atoms with Crippen molar-refractivity contribution < 1.29 is 22.7 Å². The molecule has 1 N–H and O–H groups in total. The fraction of sp³-hybridized carbons (Fsp3) is 0.300. The third kappa shape index (κ3) is 6.53. The summed E-state index contributed by atoms with van der Waals surface area (Å²) < 4.78 is 30.0. The number of anilines is 1. The van der Waals surface area contributed by atoms with Gasteiger partial charge in [-0.25, -0.2) is 8.42 Å². The van der Waals surface area contributed by atoms with Crippen molar-refractivity contribution in [1.82, 2.24) is 0 Å². The van der Waals surface area contributed by atoms with Crippen LogP contribution in [0.5, 0.6) is 0 Å². The molecule has 144 valence electrons. The van der Waals surface area contributed by atoms with Gasteiger partial charge in [-0.05, 0) is 42.7 Å². The smallest absolute Gasteiger partial charge is 0.307 e. The minimum absolute atomic E-state index is 0.0117. The number of rotatable bonds is 8. The molecule has 27 heavy (non-hydrogen) atoms. The van der Waals surface area contributed by atoms with Gasteiger partial charge in [-0.2, -0.15) is 0 Å². The summed E-state index contributed by atoms with van der Waals surface area (Å²) in [6, 6.07) is 15.6. The second-order valence-electron chi connectivity index (χ2n) is 6.46. The van der Waals surface area contributed by atoms with Crippen molar-refractivity contribution in [2.24, 2.45) is 0 Å². The molecule has 0 amide bonds. The Morgan fingerprint density at radius 1 is 1.00 bits per heavy atom.